The van der Waals surface area contributed by atoms with Crippen LogP contribution in [0, 0.1) is 6.92 Å². The van der Waals surface area contributed by atoms with Gasteiger partial charge in [0.15, 0.2) is 11.6 Å². The first-order valence-corrected chi connectivity index (χ1v) is 10.3. The molecule has 3 aromatic rings. The summed E-state index contributed by atoms with van der Waals surface area (Å²) in [5.41, 5.74) is 2.12. The van der Waals surface area contributed by atoms with Gasteiger partial charge in [-0.15, -0.1) is 10.2 Å². The minimum atomic E-state index is 0.140. The third kappa shape index (κ3) is 5.28. The molecule has 0 bridgehead atoms. The van der Waals surface area contributed by atoms with Gasteiger partial charge in [-0.05, 0) is 54.4 Å². The molecule has 1 N–H and O–H groups in total. The molecule has 1 amide bonds. The Labute approximate surface area is 181 Å². The standard InChI is InChI=1S/C23H26N6O2/c1-17-9-10-24-21(15-17)25-20-7-8-22(27-26-20)28-11-13-29(14-12-28)23(30)16-18-3-5-19(31-2)6-4-18/h3-10,15H,11-14,16H2,1-2H3,(H,24,25,26). The molecule has 160 valence electrons. The van der Waals surface area contributed by atoms with Crippen LogP contribution in [0.1, 0.15) is 11.1 Å². The number of hydrogen-bond acceptors (Lipinski definition) is 7. The largest absolute Gasteiger partial charge is 0.497 e. The second-order valence-electron chi connectivity index (χ2n) is 7.51. The predicted molar refractivity (Wildman–Crippen MR) is 120 cm³/mol. The third-order valence-electron chi connectivity index (χ3n) is 5.29. The number of pyridine rings is 1. The Morgan fingerprint density at radius 2 is 1.77 bits per heavy atom. The van der Waals surface area contributed by atoms with Crippen molar-refractivity contribution in [2.24, 2.45) is 0 Å². The van der Waals surface area contributed by atoms with Crippen molar-refractivity contribution in [3.63, 3.8) is 0 Å². The van der Waals surface area contributed by atoms with Gasteiger partial charge in [0.1, 0.15) is 11.6 Å². The lowest BCUT2D eigenvalue weighted by molar-refractivity contribution is -0.130. The van der Waals surface area contributed by atoms with Crippen LogP contribution < -0.4 is 15.0 Å². The molecule has 8 heteroatoms. The Morgan fingerprint density at radius 1 is 1.00 bits per heavy atom. The average Bonchev–Trinajstić information content (AvgIpc) is 2.80. The average molecular weight is 419 g/mol. The Hall–Kier alpha value is -3.68. The SMILES string of the molecule is COc1ccc(CC(=O)N2CCN(c3ccc(Nc4cc(C)ccn4)nn3)CC2)cc1. The van der Waals surface area contributed by atoms with Crippen LogP contribution in [0.25, 0.3) is 0 Å². The predicted octanol–water partition coefficient (Wildman–Crippen LogP) is 2.82. The van der Waals surface area contributed by atoms with E-state index < -0.39 is 0 Å². The van der Waals surface area contributed by atoms with E-state index >= 15 is 0 Å². The first-order valence-electron chi connectivity index (χ1n) is 10.3. The van der Waals surface area contributed by atoms with Gasteiger partial charge >= 0.3 is 0 Å². The molecule has 0 atom stereocenters. The molecule has 0 unspecified atom stereocenters. The Bertz CT molecular complexity index is 1010. The number of ether oxygens (including phenoxy) is 1. The molecule has 0 radical (unpaired) electrons. The summed E-state index contributed by atoms with van der Waals surface area (Å²) in [5, 5.41) is 11.8. The zero-order valence-corrected chi connectivity index (χ0v) is 17.8. The highest BCUT2D eigenvalue weighted by Crippen LogP contribution is 2.18. The third-order valence-corrected chi connectivity index (χ3v) is 5.29. The van der Waals surface area contributed by atoms with Gasteiger partial charge in [0.2, 0.25) is 5.91 Å². The van der Waals surface area contributed by atoms with E-state index in [2.05, 4.69) is 25.4 Å². The summed E-state index contributed by atoms with van der Waals surface area (Å²) in [4.78, 5) is 21.0. The lowest BCUT2D eigenvalue weighted by atomic mass is 10.1. The second kappa shape index (κ2) is 9.42. The molecule has 3 heterocycles. The number of carbonyl (C=O) groups excluding carboxylic acids is 1. The highest BCUT2D eigenvalue weighted by Gasteiger charge is 2.22. The van der Waals surface area contributed by atoms with E-state index in [-0.39, 0.29) is 5.91 Å². The van der Waals surface area contributed by atoms with Crippen LogP contribution in [0.3, 0.4) is 0 Å². The summed E-state index contributed by atoms with van der Waals surface area (Å²) in [6, 6.07) is 15.4. The van der Waals surface area contributed by atoms with Crippen molar-refractivity contribution >= 4 is 23.4 Å². The molecule has 0 aliphatic carbocycles. The number of nitrogens with one attached hydrogen (secondary N) is 1. The molecule has 4 rings (SSSR count). The highest BCUT2D eigenvalue weighted by atomic mass is 16.5. The zero-order chi connectivity index (χ0) is 21.6. The topological polar surface area (TPSA) is 83.5 Å². The van der Waals surface area contributed by atoms with Gasteiger partial charge < -0.3 is 19.9 Å². The number of rotatable bonds is 6. The molecule has 2 aromatic heterocycles. The molecular formula is C23H26N6O2. The van der Waals surface area contributed by atoms with Crippen molar-refractivity contribution < 1.29 is 9.53 Å². The zero-order valence-electron chi connectivity index (χ0n) is 17.8. The fourth-order valence-electron chi connectivity index (χ4n) is 3.51. The highest BCUT2D eigenvalue weighted by molar-refractivity contribution is 5.79. The van der Waals surface area contributed by atoms with Crippen LogP contribution in [-0.4, -0.2) is 59.3 Å². The number of anilines is 3. The van der Waals surface area contributed by atoms with Gasteiger partial charge in [-0.1, -0.05) is 12.1 Å². The summed E-state index contributed by atoms with van der Waals surface area (Å²) < 4.78 is 5.17. The van der Waals surface area contributed by atoms with E-state index in [4.69, 9.17) is 4.74 Å². The first kappa shape index (κ1) is 20.6. The molecule has 1 saturated heterocycles. The van der Waals surface area contributed by atoms with Crippen LogP contribution in [0.2, 0.25) is 0 Å². The van der Waals surface area contributed by atoms with Crippen LogP contribution in [0.15, 0.2) is 54.7 Å². The fourth-order valence-corrected chi connectivity index (χ4v) is 3.51. The van der Waals surface area contributed by atoms with Crippen molar-refractivity contribution in [3.8, 4) is 5.75 Å². The van der Waals surface area contributed by atoms with E-state index in [9.17, 15) is 4.79 Å². The van der Waals surface area contributed by atoms with E-state index in [0.29, 0.717) is 25.3 Å². The van der Waals surface area contributed by atoms with Gasteiger partial charge in [-0.3, -0.25) is 4.79 Å². The van der Waals surface area contributed by atoms with Crippen molar-refractivity contribution in [1.82, 2.24) is 20.1 Å². The van der Waals surface area contributed by atoms with Crippen LogP contribution in [0.4, 0.5) is 17.5 Å². The normalized spacial score (nSPS) is 13.7. The van der Waals surface area contributed by atoms with Gasteiger partial charge in [0.05, 0.1) is 13.5 Å². The summed E-state index contributed by atoms with van der Waals surface area (Å²) >= 11 is 0. The minimum absolute atomic E-state index is 0.140. The van der Waals surface area contributed by atoms with E-state index in [1.165, 1.54) is 0 Å². The monoisotopic (exact) mass is 418 g/mol. The summed E-state index contributed by atoms with van der Waals surface area (Å²) in [6.45, 7) is 4.82. The number of hydrogen-bond donors (Lipinski definition) is 1. The van der Waals surface area contributed by atoms with Crippen molar-refractivity contribution in [2.45, 2.75) is 13.3 Å². The molecule has 0 saturated carbocycles. The van der Waals surface area contributed by atoms with Gasteiger partial charge in [-0.2, -0.15) is 0 Å². The van der Waals surface area contributed by atoms with E-state index in [1.807, 2.05) is 60.4 Å². The summed E-state index contributed by atoms with van der Waals surface area (Å²) in [6.07, 6.45) is 2.16. The van der Waals surface area contributed by atoms with Gasteiger partial charge in [-0.25, -0.2) is 4.98 Å². The van der Waals surface area contributed by atoms with Gasteiger partial charge in [0.25, 0.3) is 0 Å². The maximum absolute atomic E-state index is 12.6. The lowest BCUT2D eigenvalue weighted by Gasteiger charge is -2.35. The first-order chi connectivity index (χ1) is 15.1. The Balaban J connectivity index is 1.29. The van der Waals surface area contributed by atoms with Crippen molar-refractivity contribution in [1.29, 1.82) is 0 Å². The maximum Gasteiger partial charge on any atom is 0.227 e. The number of methoxy groups -OCH3 is 1. The molecule has 8 nitrogen and oxygen atoms in total. The molecule has 0 spiro atoms. The number of piperazine rings is 1. The van der Waals surface area contributed by atoms with Crippen molar-refractivity contribution in [3.05, 3.63) is 65.9 Å². The number of amides is 1. The Kier molecular flexibility index (Phi) is 6.26. The smallest absolute Gasteiger partial charge is 0.227 e. The molecule has 1 aromatic carbocycles. The van der Waals surface area contributed by atoms with Crippen LogP contribution >= 0.6 is 0 Å². The number of nitrogens with zero attached hydrogens (tertiary/aromatic N) is 5. The minimum Gasteiger partial charge on any atom is -0.497 e. The van der Waals surface area contributed by atoms with Crippen LogP contribution in [-0.2, 0) is 11.2 Å². The fraction of sp³-hybridized carbons (Fsp3) is 0.304. The number of aryl methyl sites for hydroxylation is 1. The summed E-state index contributed by atoms with van der Waals surface area (Å²) in [7, 11) is 1.63. The van der Waals surface area contributed by atoms with Crippen LogP contribution in [0.5, 0.6) is 5.75 Å². The molecule has 1 aliphatic rings. The Morgan fingerprint density at radius 3 is 2.42 bits per heavy atom. The van der Waals surface area contributed by atoms with E-state index in [0.717, 1.165) is 41.6 Å². The molecule has 1 aliphatic heterocycles. The number of carbonyl (C=O) groups is 1. The maximum atomic E-state index is 12.6. The number of aromatic nitrogens is 3. The van der Waals surface area contributed by atoms with Crippen molar-refractivity contribution in [2.75, 3.05) is 43.5 Å². The number of benzene rings is 1. The van der Waals surface area contributed by atoms with Gasteiger partial charge in [0, 0.05) is 32.4 Å². The van der Waals surface area contributed by atoms with E-state index in [1.54, 1.807) is 13.3 Å². The lowest BCUT2D eigenvalue weighted by Crippen LogP contribution is -2.49. The molecule has 1 fully saturated rings. The molecular weight excluding hydrogens is 392 g/mol. The summed E-state index contributed by atoms with van der Waals surface area (Å²) in [5.74, 6) is 3.13. The second-order valence-corrected chi connectivity index (χ2v) is 7.51. The molecule has 31 heavy (non-hydrogen) atoms. The quantitative estimate of drug-likeness (QED) is 0.659.